The highest BCUT2D eigenvalue weighted by Crippen LogP contribution is 2.19. The number of ether oxygens (including phenoxy) is 1. The molecule has 1 aliphatic rings. The number of ketones is 1. The van der Waals surface area contributed by atoms with Crippen molar-refractivity contribution in [3.8, 4) is 0 Å². The maximum Gasteiger partial charge on any atom is 0.305 e. The van der Waals surface area contributed by atoms with Gasteiger partial charge in [-0.3, -0.25) is 9.59 Å². The summed E-state index contributed by atoms with van der Waals surface area (Å²) in [5.41, 5.74) is 0.718. The molecule has 4 heteroatoms. The van der Waals surface area contributed by atoms with Crippen LogP contribution in [0.4, 0.5) is 0 Å². The zero-order valence-electron chi connectivity index (χ0n) is 10.0. The predicted molar refractivity (Wildman–Crippen MR) is 63.3 cm³/mol. The Bertz CT molecular complexity index is 341. The van der Waals surface area contributed by atoms with Crippen LogP contribution in [0, 0.1) is 0 Å². The fourth-order valence-corrected chi connectivity index (χ4v) is 1.71. The van der Waals surface area contributed by atoms with Gasteiger partial charge in [0.2, 0.25) is 0 Å². The Hall–Kier alpha value is -1.42. The summed E-state index contributed by atoms with van der Waals surface area (Å²) < 4.78 is 4.51. The van der Waals surface area contributed by atoms with E-state index in [1.807, 2.05) is 12.2 Å². The number of Topliss-reactive ketones (excluding diaryl/α,β-unsaturated/α-hetero) is 1. The SMILES string of the molecule is COC(=O)CCC=CCCC1=C[C@@H](O)CC1=O. The lowest BCUT2D eigenvalue weighted by molar-refractivity contribution is -0.140. The normalized spacial score (nSPS) is 19.8. The third-order valence-electron chi connectivity index (χ3n) is 2.64. The van der Waals surface area contributed by atoms with Crippen LogP contribution >= 0.6 is 0 Å². The van der Waals surface area contributed by atoms with E-state index in [0.717, 1.165) is 12.0 Å². The minimum absolute atomic E-state index is 0.0421. The van der Waals surface area contributed by atoms with E-state index in [4.69, 9.17) is 0 Å². The molecular formula is C13H18O4. The molecule has 0 radical (unpaired) electrons. The van der Waals surface area contributed by atoms with Gasteiger partial charge in [0.15, 0.2) is 5.78 Å². The van der Waals surface area contributed by atoms with E-state index < -0.39 is 6.10 Å². The molecule has 0 bridgehead atoms. The first kappa shape index (κ1) is 13.6. The topological polar surface area (TPSA) is 63.6 Å². The smallest absolute Gasteiger partial charge is 0.305 e. The van der Waals surface area contributed by atoms with Crippen LogP contribution in [0.2, 0.25) is 0 Å². The van der Waals surface area contributed by atoms with Crippen molar-refractivity contribution in [3.63, 3.8) is 0 Å². The maximum absolute atomic E-state index is 11.3. The summed E-state index contributed by atoms with van der Waals surface area (Å²) in [6.07, 6.45) is 7.56. The van der Waals surface area contributed by atoms with Crippen LogP contribution in [0.3, 0.4) is 0 Å². The zero-order chi connectivity index (χ0) is 12.7. The summed E-state index contributed by atoms with van der Waals surface area (Å²) in [5.74, 6) is -0.174. The van der Waals surface area contributed by atoms with Gasteiger partial charge in [-0.1, -0.05) is 12.2 Å². The molecule has 0 heterocycles. The molecule has 94 valence electrons. The standard InChI is InChI=1S/C13H18O4/c1-17-13(16)7-5-3-2-4-6-10-8-11(14)9-12(10)15/h2-3,8,11,14H,4-7,9H2,1H3/t11-/m1/s1. The number of esters is 1. The van der Waals surface area contributed by atoms with Crippen molar-refractivity contribution in [3.05, 3.63) is 23.8 Å². The number of rotatable bonds is 6. The van der Waals surface area contributed by atoms with Crippen LogP contribution in [0.1, 0.15) is 32.1 Å². The number of hydrogen-bond donors (Lipinski definition) is 1. The molecule has 1 atom stereocenters. The molecule has 0 saturated carbocycles. The number of aliphatic hydroxyl groups excluding tert-OH is 1. The molecule has 0 aromatic rings. The van der Waals surface area contributed by atoms with Gasteiger partial charge in [-0.2, -0.15) is 0 Å². The van der Waals surface area contributed by atoms with Crippen LogP contribution < -0.4 is 0 Å². The van der Waals surface area contributed by atoms with Crippen LogP contribution in [-0.4, -0.2) is 30.1 Å². The summed E-state index contributed by atoms with van der Waals surface area (Å²) in [6.45, 7) is 0. The predicted octanol–water partition coefficient (Wildman–Crippen LogP) is 1.54. The molecule has 0 unspecified atom stereocenters. The van der Waals surface area contributed by atoms with Crippen molar-refractivity contribution in [2.24, 2.45) is 0 Å². The van der Waals surface area contributed by atoms with Gasteiger partial charge in [-0.15, -0.1) is 0 Å². The molecule has 4 nitrogen and oxygen atoms in total. The summed E-state index contributed by atoms with van der Waals surface area (Å²) in [6, 6.07) is 0. The minimum atomic E-state index is -0.596. The summed E-state index contributed by atoms with van der Waals surface area (Å²) in [7, 11) is 1.37. The first-order valence-electron chi connectivity index (χ1n) is 5.77. The van der Waals surface area contributed by atoms with E-state index in [1.54, 1.807) is 6.08 Å². The molecule has 1 N–H and O–H groups in total. The van der Waals surface area contributed by atoms with Crippen LogP contribution in [0.5, 0.6) is 0 Å². The van der Waals surface area contributed by atoms with Gasteiger partial charge in [-0.25, -0.2) is 0 Å². The van der Waals surface area contributed by atoms with Gasteiger partial charge < -0.3 is 9.84 Å². The van der Waals surface area contributed by atoms with Gasteiger partial charge in [-0.05, 0) is 30.9 Å². The lowest BCUT2D eigenvalue weighted by atomic mass is 10.1. The van der Waals surface area contributed by atoms with Crippen LogP contribution in [-0.2, 0) is 14.3 Å². The Morgan fingerprint density at radius 2 is 2.24 bits per heavy atom. The number of allylic oxidation sites excluding steroid dienone is 3. The third-order valence-corrected chi connectivity index (χ3v) is 2.64. The Kier molecular flexibility index (Phi) is 5.63. The van der Waals surface area contributed by atoms with Crippen LogP contribution in [0.25, 0.3) is 0 Å². The molecule has 0 fully saturated rings. The van der Waals surface area contributed by atoms with E-state index in [1.165, 1.54) is 7.11 Å². The molecule has 1 rings (SSSR count). The molecule has 17 heavy (non-hydrogen) atoms. The minimum Gasteiger partial charge on any atom is -0.469 e. The van der Waals surface area contributed by atoms with Gasteiger partial charge in [0.1, 0.15) is 0 Å². The molecule has 0 amide bonds. The molecule has 0 aliphatic heterocycles. The van der Waals surface area contributed by atoms with E-state index >= 15 is 0 Å². The second-order valence-corrected chi connectivity index (χ2v) is 4.01. The average molecular weight is 238 g/mol. The van der Waals surface area contributed by atoms with Crippen molar-refractivity contribution in [1.82, 2.24) is 0 Å². The van der Waals surface area contributed by atoms with Gasteiger partial charge in [0, 0.05) is 12.8 Å². The fourth-order valence-electron chi connectivity index (χ4n) is 1.71. The molecule has 0 aromatic heterocycles. The zero-order valence-corrected chi connectivity index (χ0v) is 10.0. The Morgan fingerprint density at radius 1 is 1.53 bits per heavy atom. The lowest BCUT2D eigenvalue weighted by Crippen LogP contribution is -2.01. The van der Waals surface area contributed by atoms with Gasteiger partial charge in [0.25, 0.3) is 0 Å². The molecule has 0 saturated heterocycles. The number of methoxy groups -OCH3 is 1. The summed E-state index contributed by atoms with van der Waals surface area (Å²) >= 11 is 0. The molecule has 1 aliphatic carbocycles. The monoisotopic (exact) mass is 238 g/mol. The lowest BCUT2D eigenvalue weighted by Gasteiger charge is -1.96. The van der Waals surface area contributed by atoms with E-state index in [2.05, 4.69) is 4.74 Å². The summed E-state index contributed by atoms with van der Waals surface area (Å²) in [5, 5.41) is 9.23. The highest BCUT2D eigenvalue weighted by molar-refractivity contribution is 5.98. The van der Waals surface area contributed by atoms with E-state index in [0.29, 0.717) is 19.3 Å². The molecule has 0 aromatic carbocycles. The number of carbonyl (C=O) groups is 2. The van der Waals surface area contributed by atoms with E-state index in [-0.39, 0.29) is 18.2 Å². The maximum atomic E-state index is 11.3. The number of carbonyl (C=O) groups excluding carboxylic acids is 2. The molecule has 0 spiro atoms. The first-order chi connectivity index (χ1) is 8.13. The van der Waals surface area contributed by atoms with Crippen molar-refractivity contribution in [2.75, 3.05) is 7.11 Å². The molecular weight excluding hydrogens is 220 g/mol. The van der Waals surface area contributed by atoms with Gasteiger partial charge in [0.05, 0.1) is 13.2 Å². The van der Waals surface area contributed by atoms with Crippen molar-refractivity contribution in [1.29, 1.82) is 0 Å². The van der Waals surface area contributed by atoms with Gasteiger partial charge >= 0.3 is 5.97 Å². The Labute approximate surface area is 101 Å². The first-order valence-corrected chi connectivity index (χ1v) is 5.77. The Balaban J connectivity index is 2.15. The average Bonchev–Trinajstić information content (AvgIpc) is 2.62. The fraction of sp³-hybridized carbons (Fsp3) is 0.538. The third kappa shape index (κ3) is 4.95. The Morgan fingerprint density at radius 3 is 2.82 bits per heavy atom. The highest BCUT2D eigenvalue weighted by Gasteiger charge is 2.20. The second kappa shape index (κ2) is 7.01. The number of aliphatic hydroxyl groups is 1. The van der Waals surface area contributed by atoms with Crippen molar-refractivity contribution in [2.45, 2.75) is 38.2 Å². The second-order valence-electron chi connectivity index (χ2n) is 4.01. The van der Waals surface area contributed by atoms with Crippen molar-refractivity contribution < 1.29 is 19.4 Å². The number of hydrogen-bond acceptors (Lipinski definition) is 4. The van der Waals surface area contributed by atoms with Crippen molar-refractivity contribution >= 4 is 11.8 Å². The van der Waals surface area contributed by atoms with Crippen LogP contribution in [0.15, 0.2) is 23.8 Å². The highest BCUT2D eigenvalue weighted by atomic mass is 16.5. The summed E-state index contributed by atoms with van der Waals surface area (Å²) in [4.78, 5) is 22.1. The quantitative estimate of drug-likeness (QED) is 0.563. The largest absolute Gasteiger partial charge is 0.469 e. The van der Waals surface area contributed by atoms with E-state index in [9.17, 15) is 14.7 Å².